The zero-order valence-corrected chi connectivity index (χ0v) is 15.1. The number of carbonyl (C=O) groups is 1. The SMILES string of the molecule is O=C(NCc1cccnc1)C1CCN(c2nnc(-n3cccc3)s2)CC1. The summed E-state index contributed by atoms with van der Waals surface area (Å²) < 4.78 is 1.96. The molecule has 3 aromatic rings. The fourth-order valence-corrected chi connectivity index (χ4v) is 3.94. The molecule has 0 aliphatic carbocycles. The van der Waals surface area contributed by atoms with E-state index >= 15 is 0 Å². The highest BCUT2D eigenvalue weighted by atomic mass is 32.1. The van der Waals surface area contributed by atoms with Gasteiger partial charge in [0.2, 0.25) is 16.2 Å². The van der Waals surface area contributed by atoms with Gasteiger partial charge in [0, 0.05) is 50.3 Å². The zero-order valence-electron chi connectivity index (χ0n) is 14.3. The van der Waals surface area contributed by atoms with Crippen molar-refractivity contribution in [1.29, 1.82) is 0 Å². The molecule has 1 aliphatic rings. The van der Waals surface area contributed by atoms with Gasteiger partial charge in [-0.1, -0.05) is 17.4 Å². The third-order valence-corrected chi connectivity index (χ3v) is 5.55. The van der Waals surface area contributed by atoms with E-state index in [0.29, 0.717) is 6.54 Å². The minimum Gasteiger partial charge on any atom is -0.352 e. The van der Waals surface area contributed by atoms with Gasteiger partial charge in [0.25, 0.3) is 0 Å². The minimum atomic E-state index is 0.0553. The summed E-state index contributed by atoms with van der Waals surface area (Å²) in [5.41, 5.74) is 1.02. The molecule has 1 amide bonds. The Morgan fingerprint density at radius 2 is 1.92 bits per heavy atom. The normalized spacial score (nSPS) is 15.2. The summed E-state index contributed by atoms with van der Waals surface area (Å²) >= 11 is 1.57. The fraction of sp³-hybridized carbons (Fsp3) is 0.333. The van der Waals surface area contributed by atoms with Crippen LogP contribution in [0.25, 0.3) is 5.13 Å². The molecule has 0 atom stereocenters. The van der Waals surface area contributed by atoms with Gasteiger partial charge in [-0.2, -0.15) is 0 Å². The van der Waals surface area contributed by atoms with Gasteiger partial charge in [0.15, 0.2) is 0 Å². The molecule has 3 aromatic heterocycles. The van der Waals surface area contributed by atoms with E-state index in [1.165, 1.54) is 0 Å². The van der Waals surface area contributed by atoms with Gasteiger partial charge >= 0.3 is 0 Å². The second-order valence-electron chi connectivity index (χ2n) is 6.30. The van der Waals surface area contributed by atoms with Crippen molar-refractivity contribution in [3.63, 3.8) is 0 Å². The van der Waals surface area contributed by atoms with E-state index in [1.807, 2.05) is 41.2 Å². The Morgan fingerprint density at radius 3 is 2.65 bits per heavy atom. The smallest absolute Gasteiger partial charge is 0.223 e. The van der Waals surface area contributed by atoms with Gasteiger partial charge in [-0.15, -0.1) is 10.2 Å². The summed E-state index contributed by atoms with van der Waals surface area (Å²) in [4.78, 5) is 18.7. The summed E-state index contributed by atoms with van der Waals surface area (Å²) in [7, 11) is 0. The van der Waals surface area contributed by atoms with Crippen LogP contribution in [0.3, 0.4) is 0 Å². The van der Waals surface area contributed by atoms with E-state index in [9.17, 15) is 4.79 Å². The molecule has 1 N–H and O–H groups in total. The third-order valence-electron chi connectivity index (χ3n) is 4.55. The number of piperidine rings is 1. The Balaban J connectivity index is 1.29. The van der Waals surface area contributed by atoms with Gasteiger partial charge in [-0.05, 0) is 36.6 Å². The molecule has 7 nitrogen and oxygen atoms in total. The van der Waals surface area contributed by atoms with E-state index < -0.39 is 0 Å². The number of hydrogen-bond acceptors (Lipinski definition) is 6. The van der Waals surface area contributed by atoms with Crippen LogP contribution in [0.2, 0.25) is 0 Å². The Kier molecular flexibility index (Phi) is 4.92. The lowest BCUT2D eigenvalue weighted by Gasteiger charge is -2.30. The van der Waals surface area contributed by atoms with Crippen molar-refractivity contribution in [2.75, 3.05) is 18.0 Å². The Hall–Kier alpha value is -2.74. The van der Waals surface area contributed by atoms with Crippen molar-refractivity contribution in [3.05, 3.63) is 54.6 Å². The van der Waals surface area contributed by atoms with E-state index in [4.69, 9.17) is 0 Å². The summed E-state index contributed by atoms with van der Waals surface area (Å²) in [6.07, 6.45) is 9.09. The van der Waals surface area contributed by atoms with Gasteiger partial charge in [0.05, 0.1) is 0 Å². The maximum Gasteiger partial charge on any atom is 0.223 e. The molecule has 134 valence electrons. The third kappa shape index (κ3) is 3.75. The molecule has 1 aliphatic heterocycles. The van der Waals surface area contributed by atoms with E-state index in [2.05, 4.69) is 25.4 Å². The van der Waals surface area contributed by atoms with Crippen LogP contribution in [0.15, 0.2) is 49.1 Å². The monoisotopic (exact) mass is 368 g/mol. The van der Waals surface area contributed by atoms with Crippen LogP contribution in [0.1, 0.15) is 18.4 Å². The maximum absolute atomic E-state index is 12.4. The highest BCUT2D eigenvalue weighted by Gasteiger charge is 2.26. The molecule has 1 saturated heterocycles. The van der Waals surface area contributed by atoms with Crippen LogP contribution in [0.4, 0.5) is 5.13 Å². The minimum absolute atomic E-state index is 0.0553. The largest absolute Gasteiger partial charge is 0.352 e. The van der Waals surface area contributed by atoms with Gasteiger partial charge in [0.1, 0.15) is 0 Å². The lowest BCUT2D eigenvalue weighted by atomic mass is 9.96. The van der Waals surface area contributed by atoms with Crippen molar-refractivity contribution < 1.29 is 4.79 Å². The predicted octanol–water partition coefficient (Wildman–Crippen LogP) is 2.26. The lowest BCUT2D eigenvalue weighted by Crippen LogP contribution is -2.40. The number of anilines is 1. The maximum atomic E-state index is 12.4. The number of nitrogens with zero attached hydrogens (tertiary/aromatic N) is 5. The first-order chi connectivity index (χ1) is 12.8. The van der Waals surface area contributed by atoms with Gasteiger partial charge < -0.3 is 10.2 Å². The van der Waals surface area contributed by atoms with Crippen LogP contribution in [-0.4, -0.2) is 38.7 Å². The topological polar surface area (TPSA) is 75.9 Å². The van der Waals surface area contributed by atoms with Crippen molar-refractivity contribution >= 4 is 22.4 Å². The van der Waals surface area contributed by atoms with Gasteiger partial charge in [-0.25, -0.2) is 0 Å². The first-order valence-corrected chi connectivity index (χ1v) is 9.49. The number of hydrogen-bond donors (Lipinski definition) is 1. The Morgan fingerprint density at radius 1 is 1.15 bits per heavy atom. The number of amides is 1. The molecule has 4 heterocycles. The van der Waals surface area contributed by atoms with Crippen LogP contribution in [0, 0.1) is 5.92 Å². The first-order valence-electron chi connectivity index (χ1n) is 8.68. The number of carbonyl (C=O) groups excluding carboxylic acids is 1. The second-order valence-corrected chi connectivity index (χ2v) is 7.23. The molecule has 0 unspecified atom stereocenters. The molecule has 0 bridgehead atoms. The number of pyridine rings is 1. The van der Waals surface area contributed by atoms with Crippen molar-refractivity contribution in [2.24, 2.45) is 5.92 Å². The number of rotatable bonds is 5. The predicted molar refractivity (Wildman–Crippen MR) is 100 cm³/mol. The van der Waals surface area contributed by atoms with Crippen LogP contribution < -0.4 is 10.2 Å². The van der Waals surface area contributed by atoms with Crippen molar-refractivity contribution in [3.8, 4) is 5.13 Å². The van der Waals surface area contributed by atoms with Gasteiger partial charge in [-0.3, -0.25) is 14.3 Å². The Bertz CT molecular complexity index is 840. The zero-order chi connectivity index (χ0) is 17.8. The molecular weight excluding hydrogens is 348 g/mol. The summed E-state index contributed by atoms with van der Waals surface area (Å²) in [5.74, 6) is 0.179. The summed E-state index contributed by atoms with van der Waals surface area (Å²) in [5, 5.41) is 13.4. The van der Waals surface area contributed by atoms with E-state index in [1.54, 1.807) is 23.7 Å². The molecule has 0 aromatic carbocycles. The molecule has 0 saturated carbocycles. The fourth-order valence-electron chi connectivity index (χ4n) is 3.07. The molecule has 8 heteroatoms. The Labute approximate surface area is 155 Å². The first kappa shape index (κ1) is 16.7. The van der Waals surface area contributed by atoms with Crippen LogP contribution >= 0.6 is 11.3 Å². The molecular formula is C18H20N6OS. The van der Waals surface area contributed by atoms with E-state index in [0.717, 1.165) is 41.8 Å². The molecule has 1 fully saturated rings. The molecule has 0 radical (unpaired) electrons. The van der Waals surface area contributed by atoms with E-state index in [-0.39, 0.29) is 11.8 Å². The highest BCUT2D eigenvalue weighted by molar-refractivity contribution is 7.17. The van der Waals surface area contributed by atoms with Crippen LogP contribution in [0.5, 0.6) is 0 Å². The number of aromatic nitrogens is 4. The lowest BCUT2D eigenvalue weighted by molar-refractivity contribution is -0.125. The average molecular weight is 368 g/mol. The highest BCUT2D eigenvalue weighted by Crippen LogP contribution is 2.27. The van der Waals surface area contributed by atoms with Crippen molar-refractivity contribution in [1.82, 2.24) is 25.1 Å². The standard InChI is InChI=1S/C18H20N6OS/c25-16(20-13-14-4-3-7-19-12-14)15-5-10-24(11-6-15)18-22-21-17(26-18)23-8-1-2-9-23/h1-4,7-9,12,15H,5-6,10-11,13H2,(H,20,25). The number of nitrogens with one attached hydrogen (secondary N) is 1. The quantitative estimate of drug-likeness (QED) is 0.748. The molecule has 4 rings (SSSR count). The van der Waals surface area contributed by atoms with Crippen molar-refractivity contribution in [2.45, 2.75) is 19.4 Å². The average Bonchev–Trinajstić information content (AvgIpc) is 3.38. The molecule has 0 spiro atoms. The summed E-state index contributed by atoms with van der Waals surface area (Å²) in [6, 6.07) is 7.78. The summed E-state index contributed by atoms with van der Waals surface area (Å²) in [6.45, 7) is 2.18. The molecule has 26 heavy (non-hydrogen) atoms. The van der Waals surface area contributed by atoms with Crippen LogP contribution in [-0.2, 0) is 11.3 Å². The second kappa shape index (κ2) is 7.65.